The van der Waals surface area contributed by atoms with Crippen LogP contribution in [0.4, 0.5) is 4.39 Å². The molecule has 4 nitrogen and oxygen atoms in total. The number of H-pyrrole nitrogens is 1. The highest BCUT2D eigenvalue weighted by atomic mass is 35.5. The third kappa shape index (κ3) is 3.58. The number of benzene rings is 2. The molecule has 24 heavy (non-hydrogen) atoms. The predicted octanol–water partition coefficient (Wildman–Crippen LogP) is 2.58. The summed E-state index contributed by atoms with van der Waals surface area (Å²) in [7, 11) is 0. The monoisotopic (exact) mass is 345 g/mol. The van der Waals surface area contributed by atoms with Gasteiger partial charge in [0, 0.05) is 0 Å². The van der Waals surface area contributed by atoms with Crippen LogP contribution in [0.1, 0.15) is 11.1 Å². The van der Waals surface area contributed by atoms with Crippen molar-refractivity contribution in [3.63, 3.8) is 0 Å². The van der Waals surface area contributed by atoms with E-state index < -0.39 is 5.63 Å². The molecule has 0 saturated carbocycles. The Balaban J connectivity index is 1.82. The number of hydrogen-bond acceptors (Lipinski definition) is 3. The van der Waals surface area contributed by atoms with Crippen LogP contribution in [0.2, 0.25) is 5.02 Å². The predicted molar refractivity (Wildman–Crippen MR) is 89.9 cm³/mol. The molecule has 3 rings (SSSR count). The summed E-state index contributed by atoms with van der Waals surface area (Å²) >= 11 is 6.20. The minimum atomic E-state index is -0.498. The van der Waals surface area contributed by atoms with E-state index in [1.807, 2.05) is 0 Å². The van der Waals surface area contributed by atoms with Gasteiger partial charge in [0.2, 0.25) is 0 Å². The summed E-state index contributed by atoms with van der Waals surface area (Å²) in [6, 6.07) is 11.2. The molecule has 0 aliphatic rings. The highest BCUT2D eigenvalue weighted by molar-refractivity contribution is 6.32. The van der Waals surface area contributed by atoms with Crippen LogP contribution >= 0.6 is 11.6 Å². The molecule has 6 heteroatoms. The molecule has 0 amide bonds. The van der Waals surface area contributed by atoms with Gasteiger partial charge in [-0.2, -0.15) is 0 Å². The Labute approximate surface area is 141 Å². The summed E-state index contributed by atoms with van der Waals surface area (Å²) in [5.74, 6) is 0.149. The lowest BCUT2D eigenvalue weighted by atomic mass is 10.2. The zero-order valence-corrected chi connectivity index (χ0v) is 13.3. The molecule has 0 unspecified atom stereocenters. The van der Waals surface area contributed by atoms with Gasteiger partial charge in [0.05, 0.1) is 15.6 Å². The standard InChI is InChI=1S/C18H13ClFNO3/c1-11-15(18(22)24-21-11)8-12-5-6-17(16(19)9-12)23-10-13-3-2-4-14(20)7-13/h2-9,21H,1,10H2. The molecule has 0 fully saturated rings. The third-order valence-corrected chi connectivity index (χ3v) is 3.66. The number of hydrogen-bond donors (Lipinski definition) is 1. The van der Waals surface area contributed by atoms with Gasteiger partial charge in [-0.1, -0.05) is 36.4 Å². The SMILES string of the molecule is C=c1[nH]oc(=O)c1=Cc1ccc(OCc2cccc(F)c2)c(Cl)c1. The number of aromatic amines is 1. The maximum absolute atomic E-state index is 13.1. The molecule has 0 atom stereocenters. The number of aromatic nitrogens is 1. The lowest BCUT2D eigenvalue weighted by molar-refractivity contribution is 0.306. The van der Waals surface area contributed by atoms with Gasteiger partial charge in [0.1, 0.15) is 18.2 Å². The van der Waals surface area contributed by atoms with Gasteiger partial charge < -0.3 is 9.26 Å². The van der Waals surface area contributed by atoms with Crippen LogP contribution in [0, 0.1) is 5.82 Å². The van der Waals surface area contributed by atoms with Crippen molar-refractivity contribution in [2.24, 2.45) is 0 Å². The lowest BCUT2D eigenvalue weighted by Crippen LogP contribution is -2.31. The molecule has 122 valence electrons. The summed E-state index contributed by atoms with van der Waals surface area (Å²) in [6.45, 7) is 3.88. The molecule has 1 aromatic heterocycles. The van der Waals surface area contributed by atoms with Crippen LogP contribution in [-0.2, 0) is 6.61 Å². The van der Waals surface area contributed by atoms with Gasteiger partial charge in [0.25, 0.3) is 0 Å². The van der Waals surface area contributed by atoms with E-state index in [0.717, 1.165) is 0 Å². The fourth-order valence-electron chi connectivity index (χ4n) is 2.17. The largest absolute Gasteiger partial charge is 0.487 e. The van der Waals surface area contributed by atoms with Gasteiger partial charge in [0.15, 0.2) is 0 Å². The topological polar surface area (TPSA) is 55.2 Å². The van der Waals surface area contributed by atoms with Crippen molar-refractivity contribution in [1.82, 2.24) is 5.16 Å². The second-order valence-corrected chi connectivity index (χ2v) is 5.54. The van der Waals surface area contributed by atoms with Crippen LogP contribution in [0.3, 0.4) is 0 Å². The molecule has 0 saturated heterocycles. The summed E-state index contributed by atoms with van der Waals surface area (Å²) in [6.07, 6.45) is 1.62. The summed E-state index contributed by atoms with van der Waals surface area (Å²) in [5, 5.41) is 3.51. The zero-order chi connectivity index (χ0) is 17.1. The van der Waals surface area contributed by atoms with E-state index >= 15 is 0 Å². The van der Waals surface area contributed by atoms with Gasteiger partial charge in [-0.3, -0.25) is 0 Å². The first-order valence-electron chi connectivity index (χ1n) is 7.08. The second-order valence-electron chi connectivity index (χ2n) is 5.14. The second kappa shape index (κ2) is 6.76. The van der Waals surface area contributed by atoms with Crippen LogP contribution in [0.5, 0.6) is 5.75 Å². The molecule has 0 aliphatic carbocycles. The molecular formula is C18H13ClFNO3. The highest BCUT2D eigenvalue weighted by Crippen LogP contribution is 2.26. The lowest BCUT2D eigenvalue weighted by Gasteiger charge is -2.08. The van der Waals surface area contributed by atoms with E-state index in [0.29, 0.717) is 32.5 Å². The van der Waals surface area contributed by atoms with Gasteiger partial charge >= 0.3 is 5.63 Å². The van der Waals surface area contributed by atoms with Crippen molar-refractivity contribution < 1.29 is 13.7 Å². The highest BCUT2D eigenvalue weighted by Gasteiger charge is 2.04. The number of ether oxygens (including phenoxy) is 1. The average Bonchev–Trinajstić information content (AvgIpc) is 2.86. The van der Waals surface area contributed by atoms with Crippen molar-refractivity contribution >= 4 is 24.3 Å². The fourth-order valence-corrected chi connectivity index (χ4v) is 2.41. The van der Waals surface area contributed by atoms with Crippen LogP contribution in [-0.4, -0.2) is 5.16 Å². The Hall–Kier alpha value is -2.79. The molecule has 1 heterocycles. The number of halogens is 2. The van der Waals surface area contributed by atoms with Crippen molar-refractivity contribution in [3.05, 3.63) is 85.4 Å². The molecular weight excluding hydrogens is 333 g/mol. The smallest absolute Gasteiger partial charge is 0.365 e. The van der Waals surface area contributed by atoms with Crippen molar-refractivity contribution in [2.45, 2.75) is 6.61 Å². The summed E-state index contributed by atoms with van der Waals surface area (Å²) < 4.78 is 23.4. The van der Waals surface area contributed by atoms with Crippen molar-refractivity contribution in [3.8, 4) is 5.75 Å². The molecule has 0 bridgehead atoms. The van der Waals surface area contributed by atoms with Gasteiger partial charge in [-0.25, -0.2) is 14.3 Å². The normalized spacial score (nSPS) is 11.7. The Morgan fingerprint density at radius 3 is 2.79 bits per heavy atom. The molecule has 0 aliphatic heterocycles. The summed E-state index contributed by atoms with van der Waals surface area (Å²) in [5.41, 5.74) is 0.908. The molecule has 1 N–H and O–H groups in total. The van der Waals surface area contributed by atoms with E-state index in [-0.39, 0.29) is 12.4 Å². The third-order valence-electron chi connectivity index (χ3n) is 3.36. The van der Waals surface area contributed by atoms with Crippen LogP contribution in [0.25, 0.3) is 12.7 Å². The summed E-state index contributed by atoms with van der Waals surface area (Å²) in [4.78, 5) is 11.5. The van der Waals surface area contributed by atoms with Gasteiger partial charge in [-0.15, -0.1) is 0 Å². The maximum Gasteiger partial charge on any atom is 0.365 e. The van der Waals surface area contributed by atoms with E-state index in [9.17, 15) is 9.18 Å². The van der Waals surface area contributed by atoms with E-state index in [1.165, 1.54) is 12.1 Å². The minimum absolute atomic E-state index is 0.199. The zero-order valence-electron chi connectivity index (χ0n) is 12.5. The van der Waals surface area contributed by atoms with E-state index in [2.05, 4.69) is 16.3 Å². The fraction of sp³-hybridized carbons (Fsp3) is 0.0556. The van der Waals surface area contributed by atoms with Gasteiger partial charge in [-0.05, 0) is 41.5 Å². The molecule has 2 aromatic carbocycles. The molecule has 0 spiro atoms. The van der Waals surface area contributed by atoms with Crippen LogP contribution in [0.15, 0.2) is 51.8 Å². The first-order valence-corrected chi connectivity index (χ1v) is 7.45. The number of nitrogens with one attached hydrogen (secondary N) is 1. The average molecular weight is 346 g/mol. The van der Waals surface area contributed by atoms with Crippen molar-refractivity contribution in [2.75, 3.05) is 0 Å². The molecule has 0 radical (unpaired) electrons. The minimum Gasteiger partial charge on any atom is -0.487 e. The Kier molecular flexibility index (Phi) is 4.53. The first-order chi connectivity index (χ1) is 11.5. The maximum atomic E-state index is 13.1. The van der Waals surface area contributed by atoms with Crippen molar-refractivity contribution in [1.29, 1.82) is 0 Å². The Bertz CT molecular complexity index is 1010. The number of rotatable bonds is 4. The van der Waals surface area contributed by atoms with Crippen LogP contribution < -0.4 is 20.9 Å². The van der Waals surface area contributed by atoms with E-state index in [4.69, 9.17) is 16.3 Å². The molecule has 3 aromatic rings. The quantitative estimate of drug-likeness (QED) is 0.790. The van der Waals surface area contributed by atoms with E-state index in [1.54, 1.807) is 36.4 Å². The first kappa shape index (κ1) is 16.1. The Morgan fingerprint density at radius 2 is 2.12 bits per heavy atom. The Morgan fingerprint density at radius 1 is 1.29 bits per heavy atom.